The zero-order chi connectivity index (χ0) is 10.3. The lowest BCUT2D eigenvalue weighted by molar-refractivity contribution is 0.0198. The predicted octanol–water partition coefficient (Wildman–Crippen LogP) is 2.23. The van der Waals surface area contributed by atoms with Crippen LogP contribution in [-0.4, -0.2) is 16.5 Å². The van der Waals surface area contributed by atoms with E-state index in [2.05, 4.69) is 15.9 Å². The molecule has 2 rings (SSSR count). The Morgan fingerprint density at radius 3 is 2.86 bits per heavy atom. The summed E-state index contributed by atoms with van der Waals surface area (Å²) in [5.41, 5.74) is 1.66. The van der Waals surface area contributed by atoms with Crippen LogP contribution in [0.25, 0.3) is 5.57 Å². The minimum absolute atomic E-state index is 0.184. The number of rotatable bonds is 0. The summed E-state index contributed by atoms with van der Waals surface area (Å²) in [5, 5.41) is 18.8. The first kappa shape index (κ1) is 9.55. The van der Waals surface area contributed by atoms with Crippen molar-refractivity contribution >= 4 is 21.5 Å². The highest BCUT2D eigenvalue weighted by Gasteiger charge is 2.23. The molecule has 0 radical (unpaired) electrons. The van der Waals surface area contributed by atoms with Gasteiger partial charge in [0, 0.05) is 5.56 Å². The van der Waals surface area contributed by atoms with Crippen LogP contribution in [0.5, 0.6) is 11.5 Å². The van der Waals surface area contributed by atoms with Crippen molar-refractivity contribution in [2.45, 2.75) is 13.2 Å². The summed E-state index contributed by atoms with van der Waals surface area (Å²) >= 11 is 3.24. The van der Waals surface area contributed by atoms with E-state index in [0.717, 1.165) is 11.1 Å². The first-order chi connectivity index (χ1) is 6.59. The van der Waals surface area contributed by atoms with E-state index < -0.39 is 6.29 Å². The van der Waals surface area contributed by atoms with Crippen LogP contribution in [0, 0.1) is 0 Å². The van der Waals surface area contributed by atoms with Gasteiger partial charge >= 0.3 is 0 Å². The van der Waals surface area contributed by atoms with E-state index in [4.69, 9.17) is 4.74 Å². The lowest BCUT2D eigenvalue weighted by atomic mass is 10.0. The van der Waals surface area contributed by atoms with Gasteiger partial charge in [-0.15, -0.1) is 0 Å². The van der Waals surface area contributed by atoms with Crippen molar-refractivity contribution < 1.29 is 14.9 Å². The number of hydrogen-bond donors (Lipinski definition) is 2. The molecule has 0 spiro atoms. The van der Waals surface area contributed by atoms with Crippen LogP contribution >= 0.6 is 15.9 Å². The van der Waals surface area contributed by atoms with Crippen LogP contribution in [-0.2, 0) is 0 Å². The molecule has 0 aliphatic carbocycles. The maximum Gasteiger partial charge on any atom is 0.231 e. The van der Waals surface area contributed by atoms with E-state index in [1.165, 1.54) is 6.07 Å². The third-order valence-corrected chi connectivity index (χ3v) is 3.17. The minimum atomic E-state index is -0.952. The van der Waals surface area contributed by atoms with Gasteiger partial charge in [0.05, 0.1) is 4.48 Å². The molecule has 0 bridgehead atoms. The summed E-state index contributed by atoms with van der Waals surface area (Å²) in [6, 6.07) is 4.77. The summed E-state index contributed by atoms with van der Waals surface area (Å²) in [7, 11) is 0. The van der Waals surface area contributed by atoms with Crippen molar-refractivity contribution in [3.63, 3.8) is 0 Å². The monoisotopic (exact) mass is 256 g/mol. The Morgan fingerprint density at radius 1 is 1.43 bits per heavy atom. The molecule has 3 nitrogen and oxygen atoms in total. The minimum Gasteiger partial charge on any atom is -0.508 e. The van der Waals surface area contributed by atoms with Crippen LogP contribution in [0.4, 0.5) is 0 Å². The lowest BCUT2D eigenvalue weighted by Gasteiger charge is -2.23. The van der Waals surface area contributed by atoms with Crippen molar-refractivity contribution in [2.24, 2.45) is 0 Å². The van der Waals surface area contributed by atoms with Crippen LogP contribution in [0.1, 0.15) is 12.5 Å². The number of allylic oxidation sites excluding steroid dienone is 1. The molecule has 2 N–H and O–H groups in total. The van der Waals surface area contributed by atoms with Crippen molar-refractivity contribution in [1.29, 1.82) is 0 Å². The van der Waals surface area contributed by atoms with E-state index in [-0.39, 0.29) is 5.75 Å². The highest BCUT2D eigenvalue weighted by molar-refractivity contribution is 9.11. The Balaban J connectivity index is 2.61. The number of hydrogen-bond acceptors (Lipinski definition) is 3. The van der Waals surface area contributed by atoms with Gasteiger partial charge in [0.25, 0.3) is 0 Å². The fraction of sp³-hybridized carbons (Fsp3) is 0.200. The zero-order valence-electron chi connectivity index (χ0n) is 7.49. The number of phenols is 1. The molecule has 0 aromatic heterocycles. The second-order valence-electron chi connectivity index (χ2n) is 3.12. The van der Waals surface area contributed by atoms with Gasteiger partial charge in [0.2, 0.25) is 6.29 Å². The molecule has 4 heteroatoms. The van der Waals surface area contributed by atoms with Gasteiger partial charge in [0.1, 0.15) is 11.5 Å². The second-order valence-corrected chi connectivity index (χ2v) is 3.98. The van der Waals surface area contributed by atoms with Crippen LogP contribution in [0.2, 0.25) is 0 Å². The van der Waals surface area contributed by atoms with Gasteiger partial charge in [-0.25, -0.2) is 0 Å². The third-order valence-electron chi connectivity index (χ3n) is 2.18. The smallest absolute Gasteiger partial charge is 0.231 e. The van der Waals surface area contributed by atoms with Crippen LogP contribution in [0.15, 0.2) is 22.7 Å². The highest BCUT2D eigenvalue weighted by atomic mass is 79.9. The lowest BCUT2D eigenvalue weighted by Crippen LogP contribution is -2.20. The van der Waals surface area contributed by atoms with E-state index >= 15 is 0 Å². The van der Waals surface area contributed by atoms with Crippen LogP contribution < -0.4 is 4.74 Å². The van der Waals surface area contributed by atoms with E-state index in [0.29, 0.717) is 10.2 Å². The summed E-state index contributed by atoms with van der Waals surface area (Å²) in [4.78, 5) is 0. The van der Waals surface area contributed by atoms with Crippen molar-refractivity contribution in [3.05, 3.63) is 28.2 Å². The zero-order valence-corrected chi connectivity index (χ0v) is 9.08. The summed E-state index contributed by atoms with van der Waals surface area (Å²) < 4.78 is 5.80. The number of aromatic hydroxyl groups is 1. The number of phenolic OH excluding ortho intramolecular Hbond substituents is 1. The summed E-state index contributed by atoms with van der Waals surface area (Å²) in [6.07, 6.45) is -0.952. The molecule has 1 aliphatic rings. The topological polar surface area (TPSA) is 49.7 Å². The number of benzene rings is 1. The fourth-order valence-corrected chi connectivity index (χ4v) is 1.71. The maximum atomic E-state index is 9.47. The number of fused-ring (bicyclic) bond motifs is 1. The Labute approximate surface area is 89.8 Å². The summed E-state index contributed by atoms with van der Waals surface area (Å²) in [5.74, 6) is 0.763. The normalized spacial score (nSPS) is 20.4. The Bertz CT molecular complexity index is 412. The molecule has 1 aromatic rings. The first-order valence-electron chi connectivity index (χ1n) is 4.14. The molecule has 1 heterocycles. The molecule has 1 unspecified atom stereocenters. The van der Waals surface area contributed by atoms with Gasteiger partial charge < -0.3 is 14.9 Å². The van der Waals surface area contributed by atoms with Crippen molar-refractivity contribution in [3.8, 4) is 11.5 Å². The van der Waals surface area contributed by atoms with Gasteiger partial charge in [-0.05, 0) is 46.6 Å². The number of halogens is 1. The fourth-order valence-electron chi connectivity index (χ4n) is 1.40. The largest absolute Gasteiger partial charge is 0.508 e. The average Bonchev–Trinajstić information content (AvgIpc) is 2.16. The van der Waals surface area contributed by atoms with Gasteiger partial charge in [0.15, 0.2) is 0 Å². The second kappa shape index (κ2) is 3.29. The number of ether oxygens (including phenoxy) is 1. The molecule has 0 saturated heterocycles. The van der Waals surface area contributed by atoms with Crippen molar-refractivity contribution in [2.75, 3.05) is 0 Å². The highest BCUT2D eigenvalue weighted by Crippen LogP contribution is 2.38. The quantitative estimate of drug-likeness (QED) is 0.749. The standard InChI is InChI=1S/C10H9BrO3/c1-5-7-4-6(12)2-3-8(7)14-10(13)9(5)11/h2-4,10,12-13H,1H3. The average molecular weight is 257 g/mol. The molecular weight excluding hydrogens is 248 g/mol. The van der Waals surface area contributed by atoms with Crippen LogP contribution in [0.3, 0.4) is 0 Å². The van der Waals surface area contributed by atoms with E-state index in [1.54, 1.807) is 12.1 Å². The van der Waals surface area contributed by atoms with Gasteiger partial charge in [-0.3, -0.25) is 0 Å². The maximum absolute atomic E-state index is 9.47. The molecule has 0 saturated carbocycles. The SMILES string of the molecule is CC1=C(Br)C(O)Oc2ccc(O)cc21. The summed E-state index contributed by atoms with van der Waals surface area (Å²) in [6.45, 7) is 1.86. The third kappa shape index (κ3) is 1.40. The Morgan fingerprint density at radius 2 is 2.14 bits per heavy atom. The number of aliphatic hydroxyl groups excluding tert-OH is 1. The van der Waals surface area contributed by atoms with E-state index in [9.17, 15) is 10.2 Å². The van der Waals surface area contributed by atoms with E-state index in [1.807, 2.05) is 6.92 Å². The number of aliphatic hydroxyl groups is 1. The molecule has 14 heavy (non-hydrogen) atoms. The first-order valence-corrected chi connectivity index (χ1v) is 4.93. The molecule has 1 aliphatic heterocycles. The van der Waals surface area contributed by atoms with Gasteiger partial charge in [-0.2, -0.15) is 0 Å². The molecule has 0 fully saturated rings. The molecule has 74 valence electrons. The molecule has 1 aromatic carbocycles. The van der Waals surface area contributed by atoms with Gasteiger partial charge in [-0.1, -0.05) is 0 Å². The molecule has 1 atom stereocenters. The predicted molar refractivity (Wildman–Crippen MR) is 56.3 cm³/mol. The Hall–Kier alpha value is -1.00. The van der Waals surface area contributed by atoms with Crippen molar-refractivity contribution in [1.82, 2.24) is 0 Å². The molecule has 0 amide bonds. The molecular formula is C10H9BrO3. The Kier molecular flexibility index (Phi) is 2.25.